The molecule has 1 aromatic rings. The molecule has 6 heteroatoms. The van der Waals surface area contributed by atoms with E-state index in [4.69, 9.17) is 4.74 Å². The van der Waals surface area contributed by atoms with Crippen molar-refractivity contribution in [2.24, 2.45) is 0 Å². The number of hydrogen-bond acceptors (Lipinski definition) is 3. The number of anilines is 1. The number of methoxy groups -OCH3 is 1. The molecule has 0 atom stereocenters. The zero-order valence-corrected chi connectivity index (χ0v) is 13.1. The Labute approximate surface area is 130 Å². The summed E-state index contributed by atoms with van der Waals surface area (Å²) in [6.07, 6.45) is 3.24. The molecule has 0 radical (unpaired) electrons. The molecule has 1 aliphatic rings. The fourth-order valence-electron chi connectivity index (χ4n) is 2.28. The monoisotopic (exact) mass is 305 g/mol. The van der Waals surface area contributed by atoms with Crippen LogP contribution in [0.4, 0.5) is 10.5 Å². The Morgan fingerprint density at radius 1 is 1.32 bits per heavy atom. The SMILES string of the molecule is COCCNC(=O)c1cccc(NC(=O)NC2CCC2)c1C. The Morgan fingerprint density at radius 2 is 2.09 bits per heavy atom. The number of nitrogens with one attached hydrogen (secondary N) is 3. The summed E-state index contributed by atoms with van der Waals surface area (Å²) in [4.78, 5) is 24.0. The van der Waals surface area contributed by atoms with Gasteiger partial charge < -0.3 is 20.7 Å². The zero-order valence-electron chi connectivity index (χ0n) is 13.1. The maximum atomic E-state index is 12.1. The smallest absolute Gasteiger partial charge is 0.319 e. The van der Waals surface area contributed by atoms with E-state index in [0.29, 0.717) is 24.4 Å². The number of ether oxygens (including phenoxy) is 1. The molecule has 0 heterocycles. The van der Waals surface area contributed by atoms with Gasteiger partial charge in [0, 0.05) is 30.9 Å². The van der Waals surface area contributed by atoms with Crippen LogP contribution in [-0.4, -0.2) is 38.2 Å². The van der Waals surface area contributed by atoms with Gasteiger partial charge in [-0.15, -0.1) is 0 Å². The van der Waals surface area contributed by atoms with Crippen LogP contribution in [0.1, 0.15) is 35.2 Å². The van der Waals surface area contributed by atoms with Gasteiger partial charge in [-0.2, -0.15) is 0 Å². The lowest BCUT2D eigenvalue weighted by molar-refractivity contribution is 0.0936. The van der Waals surface area contributed by atoms with Crippen molar-refractivity contribution in [2.45, 2.75) is 32.2 Å². The molecule has 120 valence electrons. The van der Waals surface area contributed by atoms with Crippen molar-refractivity contribution in [2.75, 3.05) is 25.6 Å². The maximum Gasteiger partial charge on any atom is 0.319 e. The molecule has 1 saturated carbocycles. The zero-order chi connectivity index (χ0) is 15.9. The van der Waals surface area contributed by atoms with E-state index in [0.717, 1.165) is 18.4 Å². The highest BCUT2D eigenvalue weighted by Crippen LogP contribution is 2.20. The van der Waals surface area contributed by atoms with E-state index in [1.807, 2.05) is 6.92 Å². The standard InChI is InChI=1S/C16H23N3O3/c1-11-13(15(20)17-9-10-22-2)7-4-8-14(11)19-16(21)18-12-5-3-6-12/h4,7-8,12H,3,5-6,9-10H2,1-2H3,(H,17,20)(H2,18,19,21). The van der Waals surface area contributed by atoms with Gasteiger partial charge in [-0.1, -0.05) is 6.07 Å². The number of benzene rings is 1. The van der Waals surface area contributed by atoms with E-state index < -0.39 is 0 Å². The molecule has 3 amide bonds. The first kappa shape index (κ1) is 16.3. The van der Waals surface area contributed by atoms with Crippen molar-refractivity contribution in [3.05, 3.63) is 29.3 Å². The molecule has 1 fully saturated rings. The fraction of sp³-hybridized carbons (Fsp3) is 0.500. The molecular weight excluding hydrogens is 282 g/mol. The van der Waals surface area contributed by atoms with Crippen molar-refractivity contribution in [1.29, 1.82) is 0 Å². The van der Waals surface area contributed by atoms with Crippen LogP contribution in [0.3, 0.4) is 0 Å². The van der Waals surface area contributed by atoms with Crippen LogP contribution in [0.15, 0.2) is 18.2 Å². The van der Waals surface area contributed by atoms with Crippen LogP contribution >= 0.6 is 0 Å². The van der Waals surface area contributed by atoms with Gasteiger partial charge in [0.25, 0.3) is 5.91 Å². The molecule has 0 spiro atoms. The Kier molecular flexibility index (Phi) is 5.77. The molecule has 0 saturated heterocycles. The minimum atomic E-state index is -0.218. The lowest BCUT2D eigenvalue weighted by Gasteiger charge is -2.26. The normalized spacial score (nSPS) is 14.1. The highest BCUT2D eigenvalue weighted by Gasteiger charge is 2.20. The number of urea groups is 1. The number of amides is 3. The number of carbonyl (C=O) groups is 2. The molecule has 6 nitrogen and oxygen atoms in total. The van der Waals surface area contributed by atoms with Gasteiger partial charge >= 0.3 is 6.03 Å². The third kappa shape index (κ3) is 4.21. The quantitative estimate of drug-likeness (QED) is 0.704. The molecule has 0 aliphatic heterocycles. The van der Waals surface area contributed by atoms with Gasteiger partial charge in [-0.3, -0.25) is 4.79 Å². The van der Waals surface area contributed by atoms with E-state index in [-0.39, 0.29) is 18.0 Å². The molecule has 1 aliphatic carbocycles. The van der Waals surface area contributed by atoms with Crippen LogP contribution in [-0.2, 0) is 4.74 Å². The lowest BCUT2D eigenvalue weighted by Crippen LogP contribution is -2.42. The summed E-state index contributed by atoms with van der Waals surface area (Å²) in [6, 6.07) is 5.36. The fourth-order valence-corrected chi connectivity index (χ4v) is 2.28. The topological polar surface area (TPSA) is 79.5 Å². The van der Waals surface area contributed by atoms with Crippen LogP contribution in [0, 0.1) is 6.92 Å². The van der Waals surface area contributed by atoms with E-state index in [1.54, 1.807) is 25.3 Å². The molecular formula is C16H23N3O3. The van der Waals surface area contributed by atoms with Crippen molar-refractivity contribution in [3.8, 4) is 0 Å². The average molecular weight is 305 g/mol. The number of hydrogen-bond donors (Lipinski definition) is 3. The van der Waals surface area contributed by atoms with E-state index >= 15 is 0 Å². The molecule has 1 aromatic carbocycles. The predicted molar refractivity (Wildman–Crippen MR) is 85.2 cm³/mol. The van der Waals surface area contributed by atoms with Crippen molar-refractivity contribution in [1.82, 2.24) is 10.6 Å². The summed E-state index contributed by atoms with van der Waals surface area (Å²) in [5.74, 6) is -0.169. The predicted octanol–water partition coefficient (Wildman–Crippen LogP) is 2.05. The summed E-state index contributed by atoms with van der Waals surface area (Å²) < 4.78 is 4.91. The summed E-state index contributed by atoms with van der Waals surface area (Å²) in [7, 11) is 1.59. The Hall–Kier alpha value is -2.08. The van der Waals surface area contributed by atoms with Gasteiger partial charge in [0.05, 0.1) is 6.61 Å². The highest BCUT2D eigenvalue weighted by molar-refractivity contribution is 5.99. The van der Waals surface area contributed by atoms with E-state index in [9.17, 15) is 9.59 Å². The molecule has 22 heavy (non-hydrogen) atoms. The van der Waals surface area contributed by atoms with Crippen LogP contribution < -0.4 is 16.0 Å². The van der Waals surface area contributed by atoms with Gasteiger partial charge in [0.15, 0.2) is 0 Å². The molecule has 2 rings (SSSR count). The first-order chi connectivity index (χ1) is 10.6. The molecule has 0 bridgehead atoms. The van der Waals surface area contributed by atoms with Gasteiger partial charge in [-0.25, -0.2) is 4.79 Å². The summed E-state index contributed by atoms with van der Waals surface area (Å²) >= 11 is 0. The van der Waals surface area contributed by atoms with Crippen molar-refractivity contribution >= 4 is 17.6 Å². The Balaban J connectivity index is 1.98. The largest absolute Gasteiger partial charge is 0.383 e. The van der Waals surface area contributed by atoms with Gasteiger partial charge in [-0.05, 0) is 43.9 Å². The maximum absolute atomic E-state index is 12.1. The summed E-state index contributed by atoms with van der Waals surface area (Å²) in [6.45, 7) is 2.74. The second-order valence-electron chi connectivity index (χ2n) is 5.45. The van der Waals surface area contributed by atoms with Crippen molar-refractivity contribution < 1.29 is 14.3 Å². The first-order valence-electron chi connectivity index (χ1n) is 7.56. The van der Waals surface area contributed by atoms with Crippen LogP contribution in [0.25, 0.3) is 0 Å². The van der Waals surface area contributed by atoms with Crippen LogP contribution in [0.5, 0.6) is 0 Å². The molecule has 0 aromatic heterocycles. The Bertz CT molecular complexity index is 541. The average Bonchev–Trinajstić information content (AvgIpc) is 2.45. The molecule has 0 unspecified atom stereocenters. The third-order valence-corrected chi connectivity index (χ3v) is 3.86. The minimum Gasteiger partial charge on any atom is -0.383 e. The first-order valence-corrected chi connectivity index (χ1v) is 7.56. The second-order valence-corrected chi connectivity index (χ2v) is 5.45. The summed E-state index contributed by atoms with van der Waals surface area (Å²) in [5.41, 5.74) is 1.95. The number of rotatable bonds is 6. The Morgan fingerprint density at radius 3 is 2.73 bits per heavy atom. The third-order valence-electron chi connectivity index (χ3n) is 3.86. The van der Waals surface area contributed by atoms with E-state index in [1.165, 1.54) is 6.42 Å². The van der Waals surface area contributed by atoms with Gasteiger partial charge in [0.2, 0.25) is 0 Å². The number of carbonyl (C=O) groups excluding carboxylic acids is 2. The molecule has 3 N–H and O–H groups in total. The van der Waals surface area contributed by atoms with Crippen molar-refractivity contribution in [3.63, 3.8) is 0 Å². The van der Waals surface area contributed by atoms with Gasteiger partial charge in [0.1, 0.15) is 0 Å². The minimum absolute atomic E-state index is 0.169. The van der Waals surface area contributed by atoms with E-state index in [2.05, 4.69) is 16.0 Å². The lowest BCUT2D eigenvalue weighted by atomic mass is 9.93. The second kappa shape index (κ2) is 7.79. The summed E-state index contributed by atoms with van der Waals surface area (Å²) in [5, 5.41) is 8.51. The van der Waals surface area contributed by atoms with Crippen LogP contribution in [0.2, 0.25) is 0 Å². The highest BCUT2D eigenvalue weighted by atomic mass is 16.5.